The summed E-state index contributed by atoms with van der Waals surface area (Å²) in [6, 6.07) is 18.9. The van der Waals surface area contributed by atoms with Crippen LogP contribution in [0.2, 0.25) is 0 Å². The van der Waals surface area contributed by atoms with Gasteiger partial charge in [-0.3, -0.25) is 5.01 Å². The lowest BCUT2D eigenvalue weighted by atomic mass is 10.1. The van der Waals surface area contributed by atoms with E-state index in [0.29, 0.717) is 0 Å². The lowest BCUT2D eigenvalue weighted by molar-refractivity contribution is 0.922. The molecule has 3 heteroatoms. The third-order valence-corrected chi connectivity index (χ3v) is 3.75. The van der Waals surface area contributed by atoms with Crippen molar-refractivity contribution in [1.29, 1.82) is 0 Å². The zero-order valence-corrected chi connectivity index (χ0v) is 12.0. The van der Waals surface area contributed by atoms with Crippen LogP contribution < -0.4 is 5.01 Å². The van der Waals surface area contributed by atoms with Gasteiger partial charge in [-0.2, -0.15) is 5.10 Å². The molecule has 0 spiro atoms. The molecule has 0 saturated heterocycles. The maximum absolute atomic E-state index is 4.71. The fraction of sp³-hybridized carbons (Fsp3) is 0.133. The lowest BCUT2D eigenvalue weighted by Crippen LogP contribution is -2.11. The molecule has 0 bridgehead atoms. The monoisotopic (exact) mass is 348 g/mol. The predicted octanol–water partition coefficient (Wildman–Crippen LogP) is 3.91. The second-order valence-corrected chi connectivity index (χ2v) is 5.51. The van der Waals surface area contributed by atoms with Crippen LogP contribution in [0.3, 0.4) is 0 Å². The van der Waals surface area contributed by atoms with Crippen molar-refractivity contribution in [2.75, 3.05) is 11.6 Å². The highest BCUT2D eigenvalue weighted by Gasteiger charge is 2.16. The molecule has 90 valence electrons. The van der Waals surface area contributed by atoms with Crippen molar-refractivity contribution in [3.05, 3.63) is 63.7 Å². The maximum atomic E-state index is 4.71. The van der Waals surface area contributed by atoms with E-state index in [1.165, 1.54) is 14.8 Å². The molecule has 2 aromatic rings. The van der Waals surface area contributed by atoms with Crippen LogP contribution in [0.5, 0.6) is 0 Å². The first kappa shape index (κ1) is 11.7. The molecule has 0 amide bonds. The summed E-state index contributed by atoms with van der Waals surface area (Å²) in [5, 5.41) is 6.78. The van der Waals surface area contributed by atoms with Gasteiger partial charge in [0.05, 0.1) is 11.4 Å². The van der Waals surface area contributed by atoms with E-state index in [0.717, 1.165) is 18.7 Å². The number of hydrogen-bond acceptors (Lipinski definition) is 2. The van der Waals surface area contributed by atoms with E-state index in [4.69, 9.17) is 5.10 Å². The van der Waals surface area contributed by atoms with Crippen LogP contribution >= 0.6 is 22.6 Å². The summed E-state index contributed by atoms with van der Waals surface area (Å²) in [6.45, 7) is 0.964. The average Bonchev–Trinajstić information content (AvgIpc) is 2.90. The molecule has 0 aliphatic carbocycles. The van der Waals surface area contributed by atoms with Crippen molar-refractivity contribution < 1.29 is 0 Å². The van der Waals surface area contributed by atoms with E-state index < -0.39 is 0 Å². The minimum Gasteiger partial charge on any atom is -0.265 e. The van der Waals surface area contributed by atoms with Crippen molar-refractivity contribution in [3.8, 4) is 0 Å². The number of anilines is 1. The predicted molar refractivity (Wildman–Crippen MR) is 84.1 cm³/mol. The largest absolute Gasteiger partial charge is 0.265 e. The van der Waals surface area contributed by atoms with Crippen LogP contribution in [-0.2, 0) is 0 Å². The number of halogens is 1. The zero-order chi connectivity index (χ0) is 12.4. The first-order chi connectivity index (χ1) is 8.83. The Bertz CT molecular complexity index is 561. The molecule has 2 nitrogen and oxygen atoms in total. The summed E-state index contributed by atoms with van der Waals surface area (Å²) in [7, 11) is 0. The molecule has 0 aromatic heterocycles. The van der Waals surface area contributed by atoms with Crippen molar-refractivity contribution >= 4 is 34.0 Å². The van der Waals surface area contributed by atoms with Crippen LogP contribution in [-0.4, -0.2) is 12.3 Å². The van der Waals surface area contributed by atoms with Gasteiger partial charge in [0.15, 0.2) is 0 Å². The van der Waals surface area contributed by atoms with Crippen LogP contribution in [0.4, 0.5) is 5.69 Å². The third kappa shape index (κ3) is 2.41. The van der Waals surface area contributed by atoms with Crippen LogP contribution in [0.1, 0.15) is 12.0 Å². The first-order valence-electron chi connectivity index (χ1n) is 5.99. The van der Waals surface area contributed by atoms with Crippen molar-refractivity contribution in [1.82, 2.24) is 0 Å². The van der Waals surface area contributed by atoms with Gasteiger partial charge in [-0.1, -0.05) is 30.3 Å². The van der Waals surface area contributed by atoms with Gasteiger partial charge in [-0.25, -0.2) is 0 Å². The third-order valence-electron chi connectivity index (χ3n) is 3.03. The first-order valence-corrected chi connectivity index (χ1v) is 7.07. The molecule has 0 unspecified atom stereocenters. The highest BCUT2D eigenvalue weighted by molar-refractivity contribution is 14.1. The standard InChI is InChI=1S/C15H13IN2/c16-13-8-6-12(7-9-13)15-10-11-18(17-15)14-4-2-1-3-5-14/h1-9H,10-11H2. The summed E-state index contributed by atoms with van der Waals surface area (Å²) in [4.78, 5) is 0. The molecular weight excluding hydrogens is 335 g/mol. The minimum absolute atomic E-state index is 0.964. The van der Waals surface area contributed by atoms with E-state index >= 15 is 0 Å². The molecule has 18 heavy (non-hydrogen) atoms. The number of hydrogen-bond donors (Lipinski definition) is 0. The van der Waals surface area contributed by atoms with Crippen molar-refractivity contribution in [2.45, 2.75) is 6.42 Å². The van der Waals surface area contributed by atoms with Crippen molar-refractivity contribution in [2.24, 2.45) is 5.10 Å². The van der Waals surface area contributed by atoms with Gasteiger partial charge < -0.3 is 0 Å². The molecule has 0 N–H and O–H groups in total. The summed E-state index contributed by atoms with van der Waals surface area (Å²) >= 11 is 2.32. The Hall–Kier alpha value is -1.36. The Labute approximate surface area is 120 Å². The normalized spacial score (nSPS) is 14.7. The Balaban J connectivity index is 1.86. The second-order valence-electron chi connectivity index (χ2n) is 4.26. The smallest absolute Gasteiger partial charge is 0.0700 e. The number of hydrazone groups is 1. The quantitative estimate of drug-likeness (QED) is 0.752. The van der Waals surface area contributed by atoms with E-state index in [1.807, 2.05) is 18.2 Å². The Morgan fingerprint density at radius 2 is 1.67 bits per heavy atom. The second kappa shape index (κ2) is 5.10. The topological polar surface area (TPSA) is 15.6 Å². The highest BCUT2D eigenvalue weighted by Crippen LogP contribution is 2.21. The fourth-order valence-corrected chi connectivity index (χ4v) is 2.45. The van der Waals surface area contributed by atoms with Gasteiger partial charge in [0, 0.05) is 16.5 Å². The minimum atomic E-state index is 0.964. The average molecular weight is 348 g/mol. The lowest BCUT2D eigenvalue weighted by Gasteiger charge is -2.12. The maximum Gasteiger partial charge on any atom is 0.0700 e. The Morgan fingerprint density at radius 1 is 0.944 bits per heavy atom. The van der Waals surface area contributed by atoms with E-state index in [-0.39, 0.29) is 0 Å². The van der Waals surface area contributed by atoms with Gasteiger partial charge in [0.25, 0.3) is 0 Å². The van der Waals surface area contributed by atoms with Crippen molar-refractivity contribution in [3.63, 3.8) is 0 Å². The van der Waals surface area contributed by atoms with Gasteiger partial charge in [-0.05, 0) is 52.4 Å². The number of rotatable bonds is 2. The zero-order valence-electron chi connectivity index (χ0n) is 9.88. The number of benzene rings is 2. The molecule has 0 radical (unpaired) electrons. The van der Waals surface area contributed by atoms with Crippen LogP contribution in [0, 0.1) is 3.57 Å². The summed E-state index contributed by atoms with van der Waals surface area (Å²) in [5.41, 5.74) is 3.57. The molecule has 2 aromatic carbocycles. The van der Waals surface area contributed by atoms with E-state index in [9.17, 15) is 0 Å². The molecule has 1 aliphatic heterocycles. The molecule has 3 rings (SSSR count). The summed E-state index contributed by atoms with van der Waals surface area (Å²) in [6.07, 6.45) is 1.01. The van der Waals surface area contributed by atoms with E-state index in [2.05, 4.69) is 64.0 Å². The van der Waals surface area contributed by atoms with Gasteiger partial charge in [0.2, 0.25) is 0 Å². The summed E-state index contributed by atoms with van der Waals surface area (Å²) < 4.78 is 1.26. The molecular formula is C15H13IN2. The fourth-order valence-electron chi connectivity index (χ4n) is 2.09. The number of para-hydroxylation sites is 1. The number of nitrogens with zero attached hydrogens (tertiary/aromatic N) is 2. The van der Waals surface area contributed by atoms with Gasteiger partial charge in [-0.15, -0.1) is 0 Å². The molecule has 0 fully saturated rings. The van der Waals surface area contributed by atoms with Crippen LogP contribution in [0.25, 0.3) is 0 Å². The SMILES string of the molecule is Ic1ccc(C2=NN(c3ccccc3)CC2)cc1. The van der Waals surface area contributed by atoms with Crippen LogP contribution in [0.15, 0.2) is 59.7 Å². The molecule has 0 atom stereocenters. The molecule has 1 heterocycles. The summed E-state index contributed by atoms with van der Waals surface area (Å²) in [5.74, 6) is 0. The molecule has 1 aliphatic rings. The van der Waals surface area contributed by atoms with E-state index in [1.54, 1.807) is 0 Å². The Kier molecular flexibility index (Phi) is 3.32. The highest BCUT2D eigenvalue weighted by atomic mass is 127. The van der Waals surface area contributed by atoms with Gasteiger partial charge >= 0.3 is 0 Å². The molecule has 0 saturated carbocycles. The Morgan fingerprint density at radius 3 is 2.39 bits per heavy atom. The van der Waals surface area contributed by atoms with Gasteiger partial charge in [0.1, 0.15) is 0 Å².